The molecule has 1 spiro atoms. The minimum Gasteiger partial charge on any atom is -0.396 e. The molecule has 3 unspecified atom stereocenters. The Kier molecular flexibility index (Phi) is 6.32. The summed E-state index contributed by atoms with van der Waals surface area (Å²) in [5.41, 5.74) is -1.51. The third-order valence-corrected chi connectivity index (χ3v) is 6.79. The molecular formula is C20H32BrN3O5. The molecule has 9 heteroatoms. The number of carbonyl (C=O) groups is 3. The maximum absolute atomic E-state index is 13.4. The number of aliphatic hydroxyl groups excluding tert-OH is 1. The summed E-state index contributed by atoms with van der Waals surface area (Å²) in [6.45, 7) is 8.32. The van der Waals surface area contributed by atoms with Gasteiger partial charge in [-0.3, -0.25) is 14.4 Å². The van der Waals surface area contributed by atoms with Crippen molar-refractivity contribution in [3.63, 3.8) is 0 Å². The molecule has 3 rings (SSSR count). The second-order valence-electron chi connectivity index (χ2n) is 9.30. The molecule has 0 radical (unpaired) electrons. The first kappa shape index (κ1) is 22.5. The molecule has 0 aromatic carbocycles. The van der Waals surface area contributed by atoms with Gasteiger partial charge in [0.1, 0.15) is 11.6 Å². The molecule has 0 aromatic rings. The zero-order chi connectivity index (χ0) is 21.6. The van der Waals surface area contributed by atoms with Gasteiger partial charge in [-0.15, -0.1) is 0 Å². The molecule has 2 bridgehead atoms. The van der Waals surface area contributed by atoms with Crippen molar-refractivity contribution in [2.24, 2.45) is 11.8 Å². The summed E-state index contributed by atoms with van der Waals surface area (Å²) in [6.07, 6.45) is 1.21. The quantitative estimate of drug-likeness (QED) is 0.468. The topological polar surface area (TPSA) is 108 Å². The fourth-order valence-electron chi connectivity index (χ4n) is 5.02. The van der Waals surface area contributed by atoms with E-state index in [4.69, 9.17) is 4.74 Å². The van der Waals surface area contributed by atoms with Crippen LogP contribution in [0.15, 0.2) is 0 Å². The number of aliphatic hydroxyl groups is 1. The van der Waals surface area contributed by atoms with Crippen LogP contribution in [0.1, 0.15) is 47.0 Å². The van der Waals surface area contributed by atoms with Crippen LogP contribution in [0.5, 0.6) is 0 Å². The van der Waals surface area contributed by atoms with Crippen LogP contribution in [0.25, 0.3) is 0 Å². The second-order valence-corrected chi connectivity index (χ2v) is 10.5. The van der Waals surface area contributed by atoms with Crippen molar-refractivity contribution in [3.05, 3.63) is 0 Å². The maximum atomic E-state index is 13.4. The highest BCUT2D eigenvalue weighted by Crippen LogP contribution is 2.60. The first-order valence-corrected chi connectivity index (χ1v) is 11.3. The van der Waals surface area contributed by atoms with Crippen molar-refractivity contribution in [2.75, 3.05) is 19.7 Å². The Bertz CT molecular complexity index is 682. The number of amides is 3. The number of carbonyl (C=O) groups excluding carboxylic acids is 3. The van der Waals surface area contributed by atoms with E-state index < -0.39 is 35.1 Å². The number of alkyl halides is 1. The molecule has 6 atom stereocenters. The summed E-state index contributed by atoms with van der Waals surface area (Å²) in [5, 5.41) is 15.2. The molecule has 0 aromatic heterocycles. The lowest BCUT2D eigenvalue weighted by Gasteiger charge is -2.35. The number of fused-ring (bicyclic) bond motifs is 1. The van der Waals surface area contributed by atoms with Crippen LogP contribution >= 0.6 is 15.9 Å². The highest BCUT2D eigenvalue weighted by Gasteiger charge is 2.76. The first-order chi connectivity index (χ1) is 13.6. The number of rotatable bonds is 7. The number of hydrogen-bond donors (Lipinski definition) is 3. The van der Waals surface area contributed by atoms with Gasteiger partial charge < -0.3 is 25.4 Å². The summed E-state index contributed by atoms with van der Waals surface area (Å²) in [4.78, 5) is 41.1. The lowest BCUT2D eigenvalue weighted by molar-refractivity contribution is -0.142. The first-order valence-electron chi connectivity index (χ1n) is 10.4. The highest BCUT2D eigenvalue weighted by atomic mass is 79.9. The molecule has 3 fully saturated rings. The Morgan fingerprint density at radius 2 is 2.03 bits per heavy atom. The molecule has 3 amide bonds. The predicted octanol–water partition coefficient (Wildman–Crippen LogP) is 0.558. The fraction of sp³-hybridized carbons (Fsp3) is 0.850. The summed E-state index contributed by atoms with van der Waals surface area (Å²) in [5.74, 6) is -2.02. The summed E-state index contributed by atoms with van der Waals surface area (Å²) in [6, 6.07) is -0.820. The van der Waals surface area contributed by atoms with Crippen LogP contribution in [0.2, 0.25) is 0 Å². The highest BCUT2D eigenvalue weighted by molar-refractivity contribution is 9.09. The molecule has 0 saturated carbocycles. The molecule has 8 nitrogen and oxygen atoms in total. The predicted molar refractivity (Wildman–Crippen MR) is 110 cm³/mol. The van der Waals surface area contributed by atoms with Gasteiger partial charge >= 0.3 is 0 Å². The van der Waals surface area contributed by atoms with Crippen LogP contribution < -0.4 is 10.6 Å². The minimum atomic E-state index is -1.03. The van der Waals surface area contributed by atoms with Gasteiger partial charge in [-0.2, -0.15) is 0 Å². The van der Waals surface area contributed by atoms with Crippen LogP contribution in [0, 0.1) is 11.8 Å². The Hall–Kier alpha value is -1.19. The van der Waals surface area contributed by atoms with Crippen molar-refractivity contribution in [1.29, 1.82) is 0 Å². The second kappa shape index (κ2) is 8.15. The molecule has 3 saturated heterocycles. The molecule has 3 aliphatic heterocycles. The largest absolute Gasteiger partial charge is 0.396 e. The fourth-order valence-corrected chi connectivity index (χ4v) is 5.96. The summed E-state index contributed by atoms with van der Waals surface area (Å²) >= 11 is 3.63. The molecule has 3 N–H and O–H groups in total. The summed E-state index contributed by atoms with van der Waals surface area (Å²) < 4.78 is 6.35. The molecule has 3 heterocycles. The van der Waals surface area contributed by atoms with E-state index >= 15 is 0 Å². The van der Waals surface area contributed by atoms with E-state index in [1.165, 1.54) is 4.90 Å². The molecular weight excluding hydrogens is 442 g/mol. The normalized spacial score (nSPS) is 35.7. The van der Waals surface area contributed by atoms with Gasteiger partial charge in [0.15, 0.2) is 0 Å². The lowest BCUT2D eigenvalue weighted by atomic mass is 9.70. The van der Waals surface area contributed by atoms with E-state index in [1.807, 2.05) is 27.7 Å². The van der Waals surface area contributed by atoms with Crippen molar-refractivity contribution in [3.8, 4) is 0 Å². The number of likely N-dealkylation sites (tertiary alicyclic amines) is 1. The zero-order valence-electron chi connectivity index (χ0n) is 17.5. The van der Waals surface area contributed by atoms with Crippen LogP contribution in [-0.2, 0) is 19.1 Å². The van der Waals surface area contributed by atoms with Crippen molar-refractivity contribution < 1.29 is 24.2 Å². The van der Waals surface area contributed by atoms with Crippen LogP contribution in [0.3, 0.4) is 0 Å². The minimum absolute atomic E-state index is 0.0833. The van der Waals surface area contributed by atoms with E-state index in [1.54, 1.807) is 0 Å². The maximum Gasteiger partial charge on any atom is 0.246 e. The number of halogens is 1. The van der Waals surface area contributed by atoms with Gasteiger partial charge in [0, 0.05) is 30.1 Å². The Morgan fingerprint density at radius 1 is 1.34 bits per heavy atom. The standard InChI is InChI=1S/C20H32BrN3O5/c1-5-7-22-16(26)12-13-18(28)24(8-6-9-25)15(17(27)23-19(2,3)4)20(13)10-11(21)14(12)29-20/h11-15,25H,5-10H2,1-4H3,(H,22,26)(H,23,27)/t11?,12-,13-,14-,15?,20?/m0/s1. The molecule has 29 heavy (non-hydrogen) atoms. The van der Waals surface area contributed by atoms with E-state index in [0.29, 0.717) is 19.4 Å². The number of ether oxygens (including phenoxy) is 1. The van der Waals surface area contributed by atoms with Crippen LogP contribution in [-0.4, -0.2) is 75.5 Å². The van der Waals surface area contributed by atoms with Gasteiger partial charge in [-0.05, 0) is 40.0 Å². The number of nitrogens with zero attached hydrogens (tertiary/aromatic N) is 1. The Labute approximate surface area is 180 Å². The lowest BCUT2D eigenvalue weighted by Crippen LogP contribution is -2.58. The molecule has 164 valence electrons. The van der Waals surface area contributed by atoms with E-state index in [0.717, 1.165) is 6.42 Å². The van der Waals surface area contributed by atoms with Gasteiger partial charge in [-0.25, -0.2) is 0 Å². The number of nitrogens with one attached hydrogen (secondary N) is 2. The molecule has 0 aliphatic carbocycles. The smallest absolute Gasteiger partial charge is 0.246 e. The average Bonchev–Trinajstić information content (AvgIpc) is 3.20. The zero-order valence-corrected chi connectivity index (χ0v) is 19.1. The van der Waals surface area contributed by atoms with Crippen molar-refractivity contribution >= 4 is 33.7 Å². The van der Waals surface area contributed by atoms with Crippen molar-refractivity contribution in [2.45, 2.75) is 75.1 Å². The van der Waals surface area contributed by atoms with Gasteiger partial charge in [0.25, 0.3) is 0 Å². The van der Waals surface area contributed by atoms with Crippen LogP contribution in [0.4, 0.5) is 0 Å². The summed E-state index contributed by atoms with van der Waals surface area (Å²) in [7, 11) is 0. The SMILES string of the molecule is CCCNC(=O)[C@H]1[C@H]2C(=O)N(CCCO)C(C(=O)NC(C)(C)C)C23CC(Br)[C@@H]1O3. The Morgan fingerprint density at radius 3 is 2.62 bits per heavy atom. The van der Waals surface area contributed by atoms with Crippen molar-refractivity contribution in [1.82, 2.24) is 15.5 Å². The van der Waals surface area contributed by atoms with E-state index in [2.05, 4.69) is 26.6 Å². The number of hydrogen-bond acceptors (Lipinski definition) is 5. The van der Waals surface area contributed by atoms with Gasteiger partial charge in [0.05, 0.1) is 17.9 Å². The van der Waals surface area contributed by atoms with Gasteiger partial charge in [-0.1, -0.05) is 22.9 Å². The monoisotopic (exact) mass is 473 g/mol. The third-order valence-electron chi connectivity index (χ3n) is 5.94. The van der Waals surface area contributed by atoms with E-state index in [9.17, 15) is 19.5 Å². The Balaban J connectivity index is 1.99. The third kappa shape index (κ3) is 3.81. The molecule has 3 aliphatic rings. The van der Waals surface area contributed by atoms with E-state index in [-0.39, 0.29) is 35.7 Å². The van der Waals surface area contributed by atoms with Gasteiger partial charge in [0.2, 0.25) is 17.7 Å². The average molecular weight is 474 g/mol.